The average molecular weight is 361 g/mol. The van der Waals surface area contributed by atoms with E-state index in [4.69, 9.17) is 19.9 Å². The van der Waals surface area contributed by atoms with E-state index in [9.17, 15) is 23.2 Å². The second-order valence-electron chi connectivity index (χ2n) is 5.51. The quantitative estimate of drug-likeness (QED) is 0.757. The maximum Gasteiger partial charge on any atom is 0.351 e. The molecule has 1 aromatic heterocycles. The molecule has 138 valence electrons. The first-order chi connectivity index (χ1) is 11.5. The van der Waals surface area contributed by atoms with Gasteiger partial charge in [0.15, 0.2) is 6.10 Å². The van der Waals surface area contributed by atoms with Gasteiger partial charge in [0.2, 0.25) is 6.23 Å². The van der Waals surface area contributed by atoms with E-state index in [1.54, 1.807) is 0 Å². The molecule has 0 amide bonds. The first-order valence-corrected chi connectivity index (χ1v) is 7.26. The van der Waals surface area contributed by atoms with Gasteiger partial charge < -0.3 is 19.9 Å². The number of rotatable bonds is 4. The second kappa shape index (κ2) is 6.75. The topological polar surface area (TPSA) is 123 Å². The molecule has 0 bridgehead atoms. The number of aromatic nitrogens is 2. The minimum absolute atomic E-state index is 0.149. The first-order valence-electron chi connectivity index (χ1n) is 7.26. The molecule has 0 aliphatic carbocycles. The molecule has 1 aliphatic heterocycles. The third-order valence-corrected chi connectivity index (χ3v) is 3.50. The summed E-state index contributed by atoms with van der Waals surface area (Å²) in [6.07, 6.45) is -5.82. The molecule has 0 saturated carbocycles. The lowest BCUT2D eigenvalue weighted by molar-refractivity contribution is -0.176. The highest BCUT2D eigenvalue weighted by atomic mass is 19.3. The predicted molar refractivity (Wildman–Crippen MR) is 78.5 cm³/mol. The molecule has 4 atom stereocenters. The van der Waals surface area contributed by atoms with E-state index in [2.05, 4.69) is 4.98 Å². The Bertz CT molecular complexity index is 738. The van der Waals surface area contributed by atoms with E-state index in [-0.39, 0.29) is 5.82 Å². The van der Waals surface area contributed by atoms with Gasteiger partial charge in [-0.25, -0.2) is 4.79 Å². The van der Waals surface area contributed by atoms with Crippen LogP contribution in [0.4, 0.5) is 14.6 Å². The van der Waals surface area contributed by atoms with Crippen LogP contribution in [0.1, 0.15) is 27.0 Å². The van der Waals surface area contributed by atoms with Crippen molar-refractivity contribution in [3.05, 3.63) is 22.7 Å². The van der Waals surface area contributed by atoms with Gasteiger partial charge in [-0.3, -0.25) is 14.2 Å². The Morgan fingerprint density at radius 1 is 1.40 bits per heavy atom. The first kappa shape index (κ1) is 18.8. The number of hydrogen-bond donors (Lipinski definition) is 1. The fourth-order valence-corrected chi connectivity index (χ4v) is 2.54. The summed E-state index contributed by atoms with van der Waals surface area (Å²) in [6, 6.07) is 1.14. The second-order valence-corrected chi connectivity index (χ2v) is 5.51. The van der Waals surface area contributed by atoms with Gasteiger partial charge in [-0.15, -0.1) is 0 Å². The van der Waals surface area contributed by atoms with Gasteiger partial charge in [0.05, 0.1) is 0 Å². The monoisotopic (exact) mass is 361 g/mol. The van der Waals surface area contributed by atoms with Crippen LogP contribution in [0.25, 0.3) is 0 Å². The van der Waals surface area contributed by atoms with Crippen molar-refractivity contribution in [2.24, 2.45) is 0 Å². The molecular weight excluding hydrogens is 344 g/mol. The zero-order chi connectivity index (χ0) is 18.9. The molecule has 0 aromatic carbocycles. The van der Waals surface area contributed by atoms with Crippen LogP contribution in [-0.4, -0.2) is 45.7 Å². The lowest BCUT2D eigenvalue weighted by atomic mass is 10.1. The lowest BCUT2D eigenvalue weighted by Gasteiger charge is -2.25. The highest BCUT2D eigenvalue weighted by Gasteiger charge is 2.64. The number of esters is 2. The Kier molecular flexibility index (Phi) is 5.07. The predicted octanol–water partition coefficient (Wildman–Crippen LogP) is 0.241. The number of ether oxygens (including phenoxy) is 3. The molecule has 0 unspecified atom stereocenters. The number of alkyl halides is 2. The highest BCUT2D eigenvalue weighted by molar-refractivity contribution is 5.67. The van der Waals surface area contributed by atoms with Gasteiger partial charge in [0.1, 0.15) is 18.0 Å². The Morgan fingerprint density at radius 3 is 2.56 bits per heavy atom. The molecule has 2 heterocycles. The van der Waals surface area contributed by atoms with E-state index in [1.165, 1.54) is 6.92 Å². The van der Waals surface area contributed by atoms with Crippen molar-refractivity contribution >= 4 is 17.8 Å². The number of hydrogen-bond acceptors (Lipinski definition) is 8. The number of nitrogen functional groups attached to an aromatic ring is 1. The van der Waals surface area contributed by atoms with Crippen LogP contribution in [0.15, 0.2) is 17.1 Å². The summed E-state index contributed by atoms with van der Waals surface area (Å²) in [4.78, 5) is 37.5. The number of anilines is 1. The average Bonchev–Trinajstić information content (AvgIpc) is 2.70. The zero-order valence-electron chi connectivity index (χ0n) is 13.6. The van der Waals surface area contributed by atoms with E-state index in [0.29, 0.717) is 4.57 Å². The zero-order valence-corrected chi connectivity index (χ0v) is 13.6. The molecule has 2 N–H and O–H groups in total. The molecule has 1 aliphatic rings. The fourth-order valence-electron chi connectivity index (χ4n) is 2.54. The van der Waals surface area contributed by atoms with Crippen LogP contribution in [-0.2, 0) is 23.8 Å². The molecule has 25 heavy (non-hydrogen) atoms. The summed E-state index contributed by atoms with van der Waals surface area (Å²) in [5.41, 5.74) is 4.27. The van der Waals surface area contributed by atoms with Crippen LogP contribution in [0.2, 0.25) is 0 Å². The lowest BCUT2D eigenvalue weighted by Crippen LogP contribution is -2.46. The maximum atomic E-state index is 14.8. The van der Waals surface area contributed by atoms with Crippen LogP contribution in [0.5, 0.6) is 0 Å². The Morgan fingerprint density at radius 2 is 2.04 bits per heavy atom. The Labute approximate surface area is 140 Å². The largest absolute Gasteiger partial charge is 0.460 e. The number of nitrogens with zero attached hydrogens (tertiary/aromatic N) is 2. The summed E-state index contributed by atoms with van der Waals surface area (Å²) < 4.78 is 44.9. The number of halogens is 2. The highest BCUT2D eigenvalue weighted by Crippen LogP contribution is 2.45. The molecule has 9 nitrogen and oxygen atoms in total. The fraction of sp³-hybridized carbons (Fsp3) is 0.571. The van der Waals surface area contributed by atoms with Gasteiger partial charge in [0.25, 0.3) is 0 Å². The minimum Gasteiger partial charge on any atom is -0.460 e. The van der Waals surface area contributed by atoms with E-state index >= 15 is 0 Å². The molecule has 1 saturated heterocycles. The molecule has 1 fully saturated rings. The van der Waals surface area contributed by atoms with Crippen LogP contribution in [0.3, 0.4) is 0 Å². The van der Waals surface area contributed by atoms with E-state index < -0.39 is 48.1 Å². The smallest absolute Gasteiger partial charge is 0.351 e. The Balaban J connectivity index is 2.43. The van der Waals surface area contributed by atoms with Gasteiger partial charge in [0, 0.05) is 20.0 Å². The molecular formula is C14H17F2N3O6. The molecule has 1 aromatic rings. The van der Waals surface area contributed by atoms with Crippen molar-refractivity contribution in [2.75, 3.05) is 5.73 Å². The van der Waals surface area contributed by atoms with Crippen molar-refractivity contribution in [3.63, 3.8) is 0 Å². The van der Waals surface area contributed by atoms with Crippen molar-refractivity contribution in [1.82, 2.24) is 9.55 Å². The van der Waals surface area contributed by atoms with Gasteiger partial charge in [-0.2, -0.15) is 13.8 Å². The van der Waals surface area contributed by atoms with E-state index in [0.717, 1.165) is 26.1 Å². The molecule has 0 radical (unpaired) electrons. The number of carbonyl (C=O) groups excluding carboxylic acids is 2. The summed E-state index contributed by atoms with van der Waals surface area (Å²) in [5, 5.41) is 0. The van der Waals surface area contributed by atoms with Gasteiger partial charge in [-0.1, -0.05) is 0 Å². The number of carbonyl (C=O) groups is 2. The SMILES string of the molecule is CC(=O)O[C@@H](C)[C@H]1O[C@@H](n2ccc(N)nc2=O)C(F)(F)[C@@H]1OC(C)=O. The molecule has 2 rings (SSSR count). The van der Waals surface area contributed by atoms with Gasteiger partial charge >= 0.3 is 23.6 Å². The summed E-state index contributed by atoms with van der Waals surface area (Å²) in [7, 11) is 0. The molecule has 0 spiro atoms. The van der Waals surface area contributed by atoms with E-state index in [1.807, 2.05) is 0 Å². The van der Waals surface area contributed by atoms with Crippen molar-refractivity contribution in [2.45, 2.75) is 51.2 Å². The van der Waals surface area contributed by atoms with Crippen molar-refractivity contribution in [3.8, 4) is 0 Å². The van der Waals surface area contributed by atoms with Crippen molar-refractivity contribution < 1.29 is 32.6 Å². The summed E-state index contributed by atoms with van der Waals surface area (Å²) in [5.74, 6) is -5.64. The van der Waals surface area contributed by atoms with Crippen LogP contribution < -0.4 is 11.4 Å². The normalized spacial score (nSPS) is 26.0. The Hall–Kier alpha value is -2.56. The minimum atomic E-state index is -3.79. The standard InChI is InChI=1S/C14H17F2N3O6/c1-6(23-7(2)20)10-11(24-8(3)21)14(15,16)12(25-10)19-5-4-9(17)18-13(19)22/h4-6,10-12H,1-3H3,(H2,17,18,22)/t6-,10+,11+,12+/m0/s1. The van der Waals surface area contributed by atoms with Crippen molar-refractivity contribution in [1.29, 1.82) is 0 Å². The third kappa shape index (κ3) is 3.76. The maximum absolute atomic E-state index is 14.8. The van der Waals surface area contributed by atoms with Gasteiger partial charge in [-0.05, 0) is 13.0 Å². The van der Waals surface area contributed by atoms with Crippen LogP contribution >= 0.6 is 0 Å². The number of nitrogens with two attached hydrogens (primary N) is 1. The third-order valence-electron chi connectivity index (χ3n) is 3.50. The summed E-state index contributed by atoms with van der Waals surface area (Å²) in [6.45, 7) is 3.36. The summed E-state index contributed by atoms with van der Waals surface area (Å²) >= 11 is 0. The van der Waals surface area contributed by atoms with Crippen LogP contribution in [0, 0.1) is 0 Å². The molecule has 11 heteroatoms.